The Bertz CT molecular complexity index is 1220. The number of nitrogens with zero attached hydrogens (tertiary/aromatic N) is 2. The summed E-state index contributed by atoms with van der Waals surface area (Å²) in [5, 5.41) is 4.86. The number of hydrogen-bond acceptors (Lipinski definition) is 6. The summed E-state index contributed by atoms with van der Waals surface area (Å²) in [4.78, 5) is 2.12. The number of nitrogens with one attached hydrogen (secondary N) is 1. The van der Waals surface area contributed by atoms with Crippen molar-refractivity contribution >= 4 is 36.4 Å². The molecule has 2 heterocycles. The van der Waals surface area contributed by atoms with E-state index in [0.29, 0.717) is 17.1 Å². The average molecular weight is 514 g/mol. The van der Waals surface area contributed by atoms with Crippen LogP contribution in [-0.2, 0) is 16.6 Å². The largest absolute Gasteiger partial charge is 0.573 e. The predicted molar refractivity (Wildman–Crippen MR) is 129 cm³/mol. The Hall–Kier alpha value is -2.34. The van der Waals surface area contributed by atoms with Crippen molar-refractivity contribution in [1.29, 1.82) is 0 Å². The van der Waals surface area contributed by atoms with Crippen LogP contribution in [0.5, 0.6) is 5.75 Å². The third-order valence-electron chi connectivity index (χ3n) is 5.74. The van der Waals surface area contributed by atoms with Crippen molar-refractivity contribution in [3.63, 3.8) is 0 Å². The van der Waals surface area contributed by atoms with Gasteiger partial charge in [-0.1, -0.05) is 30.3 Å². The molecule has 34 heavy (non-hydrogen) atoms. The molecule has 1 fully saturated rings. The first-order valence-corrected chi connectivity index (χ1v) is 13.3. The summed E-state index contributed by atoms with van der Waals surface area (Å²) in [6.45, 7) is 5.56. The van der Waals surface area contributed by atoms with Gasteiger partial charge in [0.05, 0.1) is 12.3 Å². The van der Waals surface area contributed by atoms with E-state index < -0.39 is 16.4 Å². The molecule has 0 radical (unpaired) electrons. The third kappa shape index (κ3) is 6.01. The average Bonchev–Trinajstić information content (AvgIpc) is 3.13. The molecule has 1 aliphatic rings. The van der Waals surface area contributed by atoms with Gasteiger partial charge in [-0.15, -0.1) is 24.5 Å². The molecule has 1 aromatic heterocycles. The first-order valence-electron chi connectivity index (χ1n) is 10.9. The van der Waals surface area contributed by atoms with Crippen molar-refractivity contribution in [2.75, 3.05) is 42.8 Å². The van der Waals surface area contributed by atoms with E-state index in [-0.39, 0.29) is 18.0 Å². The molecule has 0 aliphatic carbocycles. The highest BCUT2D eigenvalue weighted by atomic mass is 32.2. The van der Waals surface area contributed by atoms with Gasteiger partial charge in [-0.2, -0.15) is 0 Å². The molecule has 1 aliphatic heterocycles. The highest BCUT2D eigenvalue weighted by Gasteiger charge is 2.31. The lowest BCUT2D eigenvalue weighted by Crippen LogP contribution is -2.46. The fourth-order valence-electron chi connectivity index (χ4n) is 3.95. The normalized spacial score (nSPS) is 15.5. The minimum absolute atomic E-state index is 0.0177. The van der Waals surface area contributed by atoms with Crippen LogP contribution in [0.3, 0.4) is 0 Å². The van der Waals surface area contributed by atoms with Gasteiger partial charge in [-0.25, -0.2) is 8.42 Å². The fourth-order valence-corrected chi connectivity index (χ4v) is 6.96. The first-order chi connectivity index (χ1) is 16.1. The number of anilines is 1. The van der Waals surface area contributed by atoms with Crippen molar-refractivity contribution in [1.82, 2.24) is 10.2 Å². The summed E-state index contributed by atoms with van der Waals surface area (Å²) in [5.74, 6) is -0.391. The monoisotopic (exact) mass is 513 g/mol. The summed E-state index contributed by atoms with van der Waals surface area (Å²) in [6, 6.07) is 13.0. The van der Waals surface area contributed by atoms with Crippen LogP contribution in [0.15, 0.2) is 48.5 Å². The molecule has 0 unspecified atom stereocenters. The van der Waals surface area contributed by atoms with Crippen molar-refractivity contribution in [3.05, 3.63) is 59.7 Å². The van der Waals surface area contributed by atoms with Crippen molar-refractivity contribution in [2.45, 2.75) is 19.8 Å². The van der Waals surface area contributed by atoms with Crippen molar-refractivity contribution in [3.8, 4) is 5.75 Å². The van der Waals surface area contributed by atoms with Gasteiger partial charge in [0.15, 0.2) is 0 Å². The van der Waals surface area contributed by atoms with Crippen LogP contribution in [0.2, 0.25) is 0 Å². The maximum atomic E-state index is 13.6. The first kappa shape index (κ1) is 24.8. The van der Waals surface area contributed by atoms with E-state index >= 15 is 0 Å². The quantitative estimate of drug-likeness (QED) is 0.485. The van der Waals surface area contributed by atoms with Gasteiger partial charge in [0.1, 0.15) is 10.8 Å². The molecule has 0 bridgehead atoms. The second-order valence-corrected chi connectivity index (χ2v) is 11.2. The maximum absolute atomic E-state index is 13.6. The Labute approximate surface area is 201 Å². The zero-order chi connectivity index (χ0) is 24.3. The number of benzene rings is 2. The van der Waals surface area contributed by atoms with Crippen LogP contribution >= 0.6 is 11.3 Å². The molecule has 184 valence electrons. The van der Waals surface area contributed by atoms with E-state index in [1.807, 2.05) is 31.2 Å². The highest BCUT2D eigenvalue weighted by molar-refractivity contribution is 7.93. The van der Waals surface area contributed by atoms with Crippen LogP contribution < -0.4 is 14.4 Å². The molecule has 11 heteroatoms. The molecule has 0 spiro atoms. The van der Waals surface area contributed by atoms with E-state index in [1.54, 1.807) is 0 Å². The van der Waals surface area contributed by atoms with Crippen LogP contribution in [0.1, 0.15) is 11.1 Å². The lowest BCUT2D eigenvalue weighted by atomic mass is 10.2. The molecule has 0 atom stereocenters. The van der Waals surface area contributed by atoms with E-state index in [1.165, 1.54) is 39.9 Å². The van der Waals surface area contributed by atoms with Gasteiger partial charge in [0.25, 0.3) is 0 Å². The van der Waals surface area contributed by atoms with Gasteiger partial charge in [0.2, 0.25) is 10.0 Å². The number of halogens is 3. The van der Waals surface area contributed by atoms with Crippen LogP contribution in [0.25, 0.3) is 10.1 Å². The fraction of sp³-hybridized carbons (Fsp3) is 0.391. The number of fused-ring (bicyclic) bond motifs is 1. The Morgan fingerprint density at radius 1 is 1.09 bits per heavy atom. The Morgan fingerprint density at radius 2 is 1.76 bits per heavy atom. The summed E-state index contributed by atoms with van der Waals surface area (Å²) in [5.41, 5.74) is 1.43. The summed E-state index contributed by atoms with van der Waals surface area (Å²) in [6.07, 6.45) is -4.78. The minimum atomic E-state index is -4.78. The standard InChI is InChI=1S/C23H26F3N3O3S2/c1-17-20-4-2-3-5-21(20)33-22(17)29(34(30,31)15-14-28-12-10-27-11-13-28)16-18-6-8-19(9-7-18)32-23(24,25)26/h2-9,27H,10-16H2,1H3. The summed E-state index contributed by atoms with van der Waals surface area (Å²) < 4.78 is 71.0. The number of thiophene rings is 1. The van der Waals surface area contributed by atoms with Crippen LogP contribution in [0.4, 0.5) is 18.2 Å². The number of rotatable bonds is 8. The Balaban J connectivity index is 1.62. The van der Waals surface area contributed by atoms with E-state index in [4.69, 9.17) is 0 Å². The van der Waals surface area contributed by atoms with E-state index in [2.05, 4.69) is 15.0 Å². The summed E-state index contributed by atoms with van der Waals surface area (Å²) >= 11 is 1.40. The van der Waals surface area contributed by atoms with Gasteiger partial charge in [0, 0.05) is 37.4 Å². The van der Waals surface area contributed by atoms with Crippen molar-refractivity contribution in [2.24, 2.45) is 0 Å². The number of ether oxygens (including phenoxy) is 1. The number of aryl methyl sites for hydroxylation is 1. The molecular weight excluding hydrogens is 487 g/mol. The van der Waals surface area contributed by atoms with E-state index in [0.717, 1.165) is 41.8 Å². The molecular formula is C23H26F3N3O3S2. The number of hydrogen-bond donors (Lipinski definition) is 1. The zero-order valence-corrected chi connectivity index (χ0v) is 20.3. The predicted octanol–water partition coefficient (Wildman–Crippen LogP) is 4.35. The molecule has 0 saturated carbocycles. The number of piperazine rings is 1. The van der Waals surface area contributed by atoms with Crippen LogP contribution in [0, 0.1) is 6.92 Å². The molecule has 3 aromatic rings. The van der Waals surface area contributed by atoms with Crippen molar-refractivity contribution < 1.29 is 26.3 Å². The number of sulfonamides is 1. The highest BCUT2D eigenvalue weighted by Crippen LogP contribution is 2.39. The molecule has 0 amide bonds. The molecule has 1 saturated heterocycles. The smallest absolute Gasteiger partial charge is 0.406 e. The second kappa shape index (κ2) is 10.1. The van der Waals surface area contributed by atoms with Gasteiger partial charge < -0.3 is 10.1 Å². The molecule has 4 rings (SSSR count). The third-order valence-corrected chi connectivity index (χ3v) is 8.83. The topological polar surface area (TPSA) is 61.9 Å². The van der Waals surface area contributed by atoms with Gasteiger partial charge in [-0.3, -0.25) is 9.21 Å². The van der Waals surface area contributed by atoms with Gasteiger partial charge >= 0.3 is 6.36 Å². The van der Waals surface area contributed by atoms with Crippen LogP contribution in [-0.4, -0.2) is 58.2 Å². The number of alkyl halides is 3. The lowest BCUT2D eigenvalue weighted by Gasteiger charge is -2.29. The zero-order valence-electron chi connectivity index (χ0n) is 18.6. The lowest BCUT2D eigenvalue weighted by molar-refractivity contribution is -0.274. The summed E-state index contributed by atoms with van der Waals surface area (Å²) in [7, 11) is -3.71. The Kier molecular flexibility index (Phi) is 7.36. The molecule has 6 nitrogen and oxygen atoms in total. The SMILES string of the molecule is Cc1c(N(Cc2ccc(OC(F)(F)F)cc2)S(=O)(=O)CCN2CCNCC2)sc2ccccc12. The Morgan fingerprint density at radius 3 is 2.41 bits per heavy atom. The van der Waals surface area contributed by atoms with E-state index in [9.17, 15) is 21.6 Å². The molecule has 1 N–H and O–H groups in total. The maximum Gasteiger partial charge on any atom is 0.573 e. The molecule has 2 aromatic carbocycles. The second-order valence-electron chi connectivity index (χ2n) is 8.13. The minimum Gasteiger partial charge on any atom is -0.406 e. The van der Waals surface area contributed by atoms with Gasteiger partial charge in [-0.05, 0) is 41.6 Å².